The van der Waals surface area contributed by atoms with Crippen molar-refractivity contribution in [2.24, 2.45) is 0 Å². The number of carbonyl (C=O) groups excluding carboxylic acids is 1. The quantitative estimate of drug-likeness (QED) is 0.694. The number of benzene rings is 2. The van der Waals surface area contributed by atoms with Crippen LogP contribution in [0.15, 0.2) is 50.6 Å². The molecule has 2 aromatic carbocycles. The van der Waals surface area contributed by atoms with Gasteiger partial charge in [-0.3, -0.25) is 4.79 Å². The van der Waals surface area contributed by atoms with E-state index in [9.17, 15) is 13.2 Å². The van der Waals surface area contributed by atoms with Crippen LogP contribution >= 0.6 is 0 Å². The molecule has 0 spiro atoms. The van der Waals surface area contributed by atoms with Gasteiger partial charge in [-0.2, -0.15) is 0 Å². The molecular weight excluding hydrogens is 352 g/mol. The normalized spacial score (nSPS) is 14.5. The predicted octanol–water partition coefficient (Wildman–Crippen LogP) is 4.10. The third-order valence-electron chi connectivity index (χ3n) is 4.75. The number of methoxy groups -OCH3 is 1. The first-order chi connectivity index (χ1) is 12.4. The SMILES string of the molecule is COc1ccc2oc3c(c2c1S(=O)(=O)c1ccc(C)cc1)C(=O)CCC3. The number of rotatable bonds is 3. The molecule has 134 valence electrons. The highest BCUT2D eigenvalue weighted by Crippen LogP contribution is 2.42. The number of ether oxygens (including phenoxy) is 1. The molecule has 0 saturated heterocycles. The van der Waals surface area contributed by atoms with E-state index >= 15 is 0 Å². The van der Waals surface area contributed by atoms with Gasteiger partial charge in [0, 0.05) is 12.8 Å². The lowest BCUT2D eigenvalue weighted by molar-refractivity contribution is 0.0971. The maximum Gasteiger partial charge on any atom is 0.211 e. The van der Waals surface area contributed by atoms with Crippen LogP contribution in [0.5, 0.6) is 5.75 Å². The second-order valence-corrected chi connectivity index (χ2v) is 8.35. The van der Waals surface area contributed by atoms with E-state index in [0.717, 1.165) is 5.56 Å². The fraction of sp³-hybridized carbons (Fsp3) is 0.250. The van der Waals surface area contributed by atoms with Crippen LogP contribution < -0.4 is 4.74 Å². The molecule has 0 fully saturated rings. The zero-order valence-electron chi connectivity index (χ0n) is 14.5. The summed E-state index contributed by atoms with van der Waals surface area (Å²) in [5, 5.41) is 0.338. The second-order valence-electron chi connectivity index (χ2n) is 6.46. The minimum absolute atomic E-state index is 0.00148. The molecule has 1 aliphatic carbocycles. The maximum absolute atomic E-state index is 13.4. The van der Waals surface area contributed by atoms with E-state index in [2.05, 4.69) is 0 Å². The highest BCUT2D eigenvalue weighted by Gasteiger charge is 2.33. The Balaban J connectivity index is 2.09. The van der Waals surface area contributed by atoms with Crippen molar-refractivity contribution in [3.8, 4) is 5.75 Å². The van der Waals surface area contributed by atoms with E-state index in [1.807, 2.05) is 6.92 Å². The summed E-state index contributed by atoms with van der Waals surface area (Å²) in [5.74, 6) is 0.684. The molecule has 4 rings (SSSR count). The molecule has 0 unspecified atom stereocenters. The summed E-state index contributed by atoms with van der Waals surface area (Å²) < 4.78 is 38.0. The van der Waals surface area contributed by atoms with Gasteiger partial charge in [0.25, 0.3) is 0 Å². The smallest absolute Gasteiger partial charge is 0.211 e. The highest BCUT2D eigenvalue weighted by atomic mass is 32.2. The monoisotopic (exact) mass is 370 g/mol. The van der Waals surface area contributed by atoms with Gasteiger partial charge in [-0.1, -0.05) is 17.7 Å². The standard InChI is InChI=1S/C20H18O5S/c1-12-6-8-13(9-7-12)26(22,23)20-17(24-2)11-10-16-19(20)18-14(21)4-3-5-15(18)25-16/h6-11H,3-5H2,1-2H3. The molecule has 0 N–H and O–H groups in total. The molecule has 6 heteroatoms. The largest absolute Gasteiger partial charge is 0.495 e. The lowest BCUT2D eigenvalue weighted by atomic mass is 9.94. The topological polar surface area (TPSA) is 73.6 Å². The fourth-order valence-electron chi connectivity index (χ4n) is 3.46. The Morgan fingerprint density at radius 2 is 1.77 bits per heavy atom. The lowest BCUT2D eigenvalue weighted by Gasteiger charge is -2.13. The van der Waals surface area contributed by atoms with Gasteiger partial charge in [0.1, 0.15) is 22.0 Å². The molecule has 5 nitrogen and oxygen atoms in total. The van der Waals surface area contributed by atoms with Crippen molar-refractivity contribution in [3.63, 3.8) is 0 Å². The summed E-state index contributed by atoms with van der Waals surface area (Å²) in [5.41, 5.74) is 1.75. The summed E-state index contributed by atoms with van der Waals surface area (Å²) in [6.07, 6.45) is 1.73. The summed E-state index contributed by atoms with van der Waals surface area (Å²) in [4.78, 5) is 12.7. The average Bonchev–Trinajstić information content (AvgIpc) is 3.00. The first kappa shape index (κ1) is 16.8. The van der Waals surface area contributed by atoms with Crippen molar-refractivity contribution in [1.82, 2.24) is 0 Å². The molecule has 0 atom stereocenters. The average molecular weight is 370 g/mol. The number of sulfone groups is 1. The molecule has 0 saturated carbocycles. The molecule has 0 radical (unpaired) electrons. The highest BCUT2D eigenvalue weighted by molar-refractivity contribution is 7.91. The Kier molecular flexibility index (Phi) is 3.88. The summed E-state index contributed by atoms with van der Waals surface area (Å²) in [7, 11) is -2.47. The van der Waals surface area contributed by atoms with Crippen LogP contribution in [0.1, 0.15) is 34.5 Å². The molecule has 1 aromatic heterocycles. The molecule has 0 aliphatic heterocycles. The molecule has 3 aromatic rings. The van der Waals surface area contributed by atoms with E-state index in [-0.39, 0.29) is 21.3 Å². The number of Topliss-reactive ketones (excluding diaryl/α,β-unsaturated/α-hetero) is 1. The van der Waals surface area contributed by atoms with Crippen molar-refractivity contribution < 1.29 is 22.4 Å². The Morgan fingerprint density at radius 1 is 1.04 bits per heavy atom. The van der Waals surface area contributed by atoms with Gasteiger partial charge in [0.2, 0.25) is 9.84 Å². The van der Waals surface area contributed by atoms with Crippen LogP contribution in [0, 0.1) is 6.92 Å². The first-order valence-corrected chi connectivity index (χ1v) is 9.89. The van der Waals surface area contributed by atoms with E-state index < -0.39 is 9.84 Å². The predicted molar refractivity (Wildman–Crippen MR) is 96.7 cm³/mol. The van der Waals surface area contributed by atoms with Crippen LogP contribution in [0.25, 0.3) is 11.0 Å². The third kappa shape index (κ3) is 2.44. The van der Waals surface area contributed by atoms with Gasteiger partial charge >= 0.3 is 0 Å². The van der Waals surface area contributed by atoms with E-state index in [4.69, 9.17) is 9.15 Å². The number of furan rings is 1. The lowest BCUT2D eigenvalue weighted by Crippen LogP contribution is -2.11. The summed E-state index contributed by atoms with van der Waals surface area (Å²) >= 11 is 0. The van der Waals surface area contributed by atoms with Crippen LogP contribution in [0.4, 0.5) is 0 Å². The van der Waals surface area contributed by atoms with Crippen molar-refractivity contribution in [3.05, 3.63) is 53.3 Å². The first-order valence-electron chi connectivity index (χ1n) is 8.41. The van der Waals surface area contributed by atoms with E-state index in [1.54, 1.807) is 36.4 Å². The van der Waals surface area contributed by atoms with E-state index in [0.29, 0.717) is 41.6 Å². The zero-order valence-corrected chi connectivity index (χ0v) is 15.4. The molecule has 26 heavy (non-hydrogen) atoms. The summed E-state index contributed by atoms with van der Waals surface area (Å²) in [6.45, 7) is 1.89. The molecular formula is C20H18O5S. The number of hydrogen-bond acceptors (Lipinski definition) is 5. The second kappa shape index (κ2) is 5.99. The maximum atomic E-state index is 13.4. The zero-order chi connectivity index (χ0) is 18.5. The van der Waals surface area contributed by atoms with Crippen molar-refractivity contribution >= 4 is 26.6 Å². The number of aryl methyl sites for hydroxylation is 2. The van der Waals surface area contributed by atoms with Gasteiger partial charge < -0.3 is 9.15 Å². The fourth-order valence-corrected chi connectivity index (χ4v) is 5.08. The minimum Gasteiger partial charge on any atom is -0.495 e. The number of ketones is 1. The van der Waals surface area contributed by atoms with Crippen LogP contribution in [-0.2, 0) is 16.3 Å². The minimum atomic E-state index is -3.89. The number of hydrogen-bond donors (Lipinski definition) is 0. The Labute approximate surface area is 151 Å². The molecule has 0 amide bonds. The summed E-state index contributed by atoms with van der Waals surface area (Å²) in [6, 6.07) is 9.86. The molecule has 0 bridgehead atoms. The van der Waals surface area contributed by atoms with Crippen LogP contribution in [0.2, 0.25) is 0 Å². The van der Waals surface area contributed by atoms with Gasteiger partial charge in [-0.15, -0.1) is 0 Å². The van der Waals surface area contributed by atoms with E-state index in [1.165, 1.54) is 7.11 Å². The van der Waals surface area contributed by atoms with Gasteiger partial charge in [0.05, 0.1) is 23.0 Å². The van der Waals surface area contributed by atoms with Gasteiger partial charge in [0.15, 0.2) is 5.78 Å². The van der Waals surface area contributed by atoms with Crippen molar-refractivity contribution in [2.45, 2.75) is 36.0 Å². The Morgan fingerprint density at radius 3 is 2.46 bits per heavy atom. The van der Waals surface area contributed by atoms with Crippen LogP contribution in [0.3, 0.4) is 0 Å². The van der Waals surface area contributed by atoms with Crippen LogP contribution in [-0.4, -0.2) is 21.3 Å². The number of carbonyl (C=O) groups is 1. The van der Waals surface area contributed by atoms with Gasteiger partial charge in [-0.05, 0) is 37.6 Å². The Bertz CT molecular complexity index is 1120. The van der Waals surface area contributed by atoms with Crippen molar-refractivity contribution in [1.29, 1.82) is 0 Å². The third-order valence-corrected chi connectivity index (χ3v) is 6.59. The van der Waals surface area contributed by atoms with Crippen molar-refractivity contribution in [2.75, 3.05) is 7.11 Å². The molecule has 1 aliphatic rings. The number of fused-ring (bicyclic) bond motifs is 3. The molecule has 1 heterocycles. The van der Waals surface area contributed by atoms with Gasteiger partial charge in [-0.25, -0.2) is 8.42 Å². The Hall–Kier alpha value is -2.60.